The van der Waals surface area contributed by atoms with Crippen LogP contribution in [0.25, 0.3) is 5.52 Å². The van der Waals surface area contributed by atoms with E-state index >= 15 is 0 Å². The summed E-state index contributed by atoms with van der Waals surface area (Å²) in [5.41, 5.74) is -3.39. The topological polar surface area (TPSA) is 133 Å². The van der Waals surface area contributed by atoms with Crippen molar-refractivity contribution in [2.24, 2.45) is 0 Å². The summed E-state index contributed by atoms with van der Waals surface area (Å²) >= 11 is 0. The number of hydrogen-bond donors (Lipinski definition) is 3. The van der Waals surface area contributed by atoms with E-state index in [2.05, 4.69) is 10.1 Å². The highest BCUT2D eigenvalue weighted by Crippen LogP contribution is 2.47. The van der Waals surface area contributed by atoms with Gasteiger partial charge < -0.3 is 24.8 Å². The lowest BCUT2D eigenvalue weighted by molar-refractivity contribution is -0.112. The standard InChI is InChI=1S/C17H22N4O5/c1-9(2)25-7-12-14(22)16(4,24)17(8-18,26-12)13-6-5-11-15(23)19-10(3)20-21(11)13/h5-6,9,12,14,22,24H,7H2,1-4H3,(H,19,20,23)/t12-,14-,16-,17+/m1/s1. The molecular formula is C17H22N4O5. The molecule has 0 radical (unpaired) electrons. The second kappa shape index (κ2) is 6.17. The van der Waals surface area contributed by atoms with Crippen LogP contribution < -0.4 is 0 Å². The number of aromatic hydroxyl groups is 1. The van der Waals surface area contributed by atoms with Gasteiger partial charge in [0, 0.05) is 0 Å². The van der Waals surface area contributed by atoms with E-state index in [9.17, 15) is 20.6 Å². The molecule has 0 aliphatic carbocycles. The predicted octanol–water partition coefficient (Wildman–Crippen LogP) is 0.398. The Morgan fingerprint density at radius 3 is 2.77 bits per heavy atom. The lowest BCUT2D eigenvalue weighted by Gasteiger charge is -2.33. The van der Waals surface area contributed by atoms with Crippen molar-refractivity contribution in [3.8, 4) is 11.9 Å². The number of nitriles is 1. The maximum Gasteiger partial charge on any atom is 0.239 e. The number of nitrogens with zero attached hydrogens (tertiary/aromatic N) is 4. The van der Waals surface area contributed by atoms with Crippen molar-refractivity contribution in [1.82, 2.24) is 14.6 Å². The van der Waals surface area contributed by atoms with Gasteiger partial charge in [-0.2, -0.15) is 15.3 Å². The molecule has 1 aliphatic rings. The van der Waals surface area contributed by atoms with Crippen molar-refractivity contribution in [2.45, 2.75) is 57.2 Å². The van der Waals surface area contributed by atoms with E-state index < -0.39 is 23.4 Å². The zero-order valence-electron chi connectivity index (χ0n) is 15.0. The molecule has 0 bridgehead atoms. The van der Waals surface area contributed by atoms with Crippen molar-refractivity contribution >= 4 is 5.52 Å². The van der Waals surface area contributed by atoms with Gasteiger partial charge in [0.15, 0.2) is 0 Å². The average molecular weight is 362 g/mol. The molecule has 0 aromatic carbocycles. The van der Waals surface area contributed by atoms with Gasteiger partial charge in [0.05, 0.1) is 18.4 Å². The molecule has 26 heavy (non-hydrogen) atoms. The molecular weight excluding hydrogens is 340 g/mol. The Labute approximate surface area is 150 Å². The molecule has 140 valence electrons. The lowest BCUT2D eigenvalue weighted by atomic mass is 9.80. The molecule has 0 amide bonds. The molecule has 0 saturated carbocycles. The monoisotopic (exact) mass is 362 g/mol. The summed E-state index contributed by atoms with van der Waals surface area (Å²) in [6, 6.07) is 5.03. The van der Waals surface area contributed by atoms with Gasteiger partial charge in [0.1, 0.15) is 35.2 Å². The van der Waals surface area contributed by atoms with Crippen LogP contribution in [-0.2, 0) is 15.1 Å². The Morgan fingerprint density at radius 2 is 2.15 bits per heavy atom. The fourth-order valence-electron chi connectivity index (χ4n) is 3.26. The zero-order chi connectivity index (χ0) is 19.3. The third-order valence-corrected chi connectivity index (χ3v) is 4.68. The van der Waals surface area contributed by atoms with Gasteiger partial charge in [-0.15, -0.1) is 0 Å². The lowest BCUT2D eigenvalue weighted by Crippen LogP contribution is -2.52. The maximum atomic E-state index is 11.0. The van der Waals surface area contributed by atoms with Crippen LogP contribution in [-0.4, -0.2) is 60.4 Å². The zero-order valence-corrected chi connectivity index (χ0v) is 15.0. The smallest absolute Gasteiger partial charge is 0.239 e. The van der Waals surface area contributed by atoms with Crippen LogP contribution in [0.5, 0.6) is 5.88 Å². The van der Waals surface area contributed by atoms with Crippen LogP contribution in [0, 0.1) is 18.3 Å². The van der Waals surface area contributed by atoms with E-state index in [1.807, 2.05) is 19.9 Å². The Morgan fingerprint density at radius 1 is 1.46 bits per heavy atom. The van der Waals surface area contributed by atoms with Crippen LogP contribution in [0.3, 0.4) is 0 Å². The number of rotatable bonds is 4. The van der Waals surface area contributed by atoms with Crippen LogP contribution in [0.15, 0.2) is 12.1 Å². The largest absolute Gasteiger partial charge is 0.492 e. The number of aromatic nitrogens is 3. The van der Waals surface area contributed by atoms with Gasteiger partial charge in [-0.05, 0) is 39.8 Å². The van der Waals surface area contributed by atoms with Gasteiger partial charge >= 0.3 is 0 Å². The first-order chi connectivity index (χ1) is 12.1. The molecule has 4 atom stereocenters. The molecule has 1 aliphatic heterocycles. The summed E-state index contributed by atoms with van der Waals surface area (Å²) in [6.45, 7) is 6.61. The minimum absolute atomic E-state index is 0.0149. The Hall–Kier alpha value is -2.25. The number of aliphatic hydroxyl groups excluding tert-OH is 1. The highest BCUT2D eigenvalue weighted by atomic mass is 16.6. The van der Waals surface area contributed by atoms with Crippen molar-refractivity contribution in [3.63, 3.8) is 0 Å². The summed E-state index contributed by atoms with van der Waals surface area (Å²) in [6.07, 6.45) is -2.37. The second-order valence-electron chi connectivity index (χ2n) is 6.92. The SMILES string of the molecule is Cc1nc(O)c2ccc([C@]3(C#N)O[C@H](COC(C)C)[C@@H](O)[C@@]3(C)O)n2n1. The molecule has 1 saturated heterocycles. The first kappa shape index (κ1) is 18.5. The minimum Gasteiger partial charge on any atom is -0.492 e. The van der Waals surface area contributed by atoms with Crippen molar-refractivity contribution in [1.29, 1.82) is 5.26 Å². The van der Waals surface area contributed by atoms with Gasteiger partial charge in [-0.3, -0.25) is 0 Å². The molecule has 2 aromatic heterocycles. The summed E-state index contributed by atoms with van der Waals surface area (Å²) in [5.74, 6) is 0.0214. The number of aryl methyl sites for hydroxylation is 1. The number of hydrogen-bond acceptors (Lipinski definition) is 8. The normalized spacial score (nSPS) is 31.6. The Bertz CT molecular complexity index is 872. The van der Waals surface area contributed by atoms with Gasteiger partial charge in [0.2, 0.25) is 11.5 Å². The first-order valence-corrected chi connectivity index (χ1v) is 8.31. The molecule has 3 heterocycles. The molecule has 3 rings (SSSR count). The van der Waals surface area contributed by atoms with Crippen LogP contribution in [0.1, 0.15) is 32.3 Å². The first-order valence-electron chi connectivity index (χ1n) is 8.31. The van der Waals surface area contributed by atoms with E-state index in [-0.39, 0.29) is 35.6 Å². The van der Waals surface area contributed by atoms with E-state index in [0.717, 1.165) is 0 Å². The van der Waals surface area contributed by atoms with E-state index in [1.54, 1.807) is 6.92 Å². The highest BCUT2D eigenvalue weighted by molar-refractivity contribution is 5.58. The number of aliphatic hydroxyl groups is 2. The molecule has 1 fully saturated rings. The van der Waals surface area contributed by atoms with E-state index in [4.69, 9.17) is 9.47 Å². The van der Waals surface area contributed by atoms with Gasteiger partial charge in [-0.25, -0.2) is 4.52 Å². The summed E-state index contributed by atoms with van der Waals surface area (Å²) in [7, 11) is 0. The third-order valence-electron chi connectivity index (χ3n) is 4.68. The highest BCUT2D eigenvalue weighted by Gasteiger charge is 2.65. The Kier molecular flexibility index (Phi) is 4.40. The minimum atomic E-state index is -1.94. The van der Waals surface area contributed by atoms with Crippen molar-refractivity contribution < 1.29 is 24.8 Å². The maximum absolute atomic E-state index is 11.0. The number of ether oxygens (including phenoxy) is 2. The van der Waals surface area contributed by atoms with Crippen LogP contribution in [0.2, 0.25) is 0 Å². The molecule has 2 aromatic rings. The molecule has 3 N–H and O–H groups in total. The van der Waals surface area contributed by atoms with E-state index in [0.29, 0.717) is 0 Å². The molecule has 0 spiro atoms. The summed E-state index contributed by atoms with van der Waals surface area (Å²) in [4.78, 5) is 3.87. The molecule has 0 unspecified atom stereocenters. The molecule has 9 heteroatoms. The fourth-order valence-corrected chi connectivity index (χ4v) is 3.26. The van der Waals surface area contributed by atoms with Crippen molar-refractivity contribution in [2.75, 3.05) is 6.61 Å². The quantitative estimate of drug-likeness (QED) is 0.712. The van der Waals surface area contributed by atoms with Crippen LogP contribution >= 0.6 is 0 Å². The number of fused-ring (bicyclic) bond motifs is 1. The fraction of sp³-hybridized carbons (Fsp3) is 0.588. The van der Waals surface area contributed by atoms with Gasteiger partial charge in [0.25, 0.3) is 0 Å². The average Bonchev–Trinajstić information content (AvgIpc) is 3.05. The van der Waals surface area contributed by atoms with E-state index in [1.165, 1.54) is 23.6 Å². The van der Waals surface area contributed by atoms with Crippen LogP contribution in [0.4, 0.5) is 0 Å². The Balaban J connectivity index is 2.13. The summed E-state index contributed by atoms with van der Waals surface area (Å²) in [5, 5.41) is 45.7. The van der Waals surface area contributed by atoms with Gasteiger partial charge in [-0.1, -0.05) is 0 Å². The van der Waals surface area contributed by atoms with Crippen molar-refractivity contribution in [3.05, 3.63) is 23.7 Å². The third kappa shape index (κ3) is 2.54. The second-order valence-corrected chi connectivity index (χ2v) is 6.92. The summed E-state index contributed by atoms with van der Waals surface area (Å²) < 4.78 is 12.7. The molecule has 9 nitrogen and oxygen atoms in total. The predicted molar refractivity (Wildman–Crippen MR) is 89.3 cm³/mol.